The SMILES string of the molecule is COc1ccc(-c2ccc(/C=C3/SC(=S)NC3=O)o2)cc1C. The highest BCUT2D eigenvalue weighted by atomic mass is 32.2. The molecule has 112 valence electrons. The zero-order chi connectivity index (χ0) is 15.7. The molecule has 1 aromatic heterocycles. The maximum absolute atomic E-state index is 11.6. The molecular formula is C16H13NO3S2. The minimum atomic E-state index is -0.187. The molecule has 1 fully saturated rings. The third-order valence-electron chi connectivity index (χ3n) is 3.22. The lowest BCUT2D eigenvalue weighted by Crippen LogP contribution is -2.17. The lowest BCUT2D eigenvalue weighted by Gasteiger charge is -2.05. The van der Waals surface area contributed by atoms with E-state index >= 15 is 0 Å². The van der Waals surface area contributed by atoms with Crippen LogP contribution in [0, 0.1) is 6.92 Å². The van der Waals surface area contributed by atoms with Crippen molar-refractivity contribution in [3.05, 3.63) is 46.6 Å². The zero-order valence-corrected chi connectivity index (χ0v) is 13.6. The Morgan fingerprint density at radius 1 is 1.32 bits per heavy atom. The molecule has 1 saturated heterocycles. The molecule has 0 unspecified atom stereocenters. The number of carbonyl (C=O) groups is 1. The fourth-order valence-corrected chi connectivity index (χ4v) is 3.19. The first kappa shape index (κ1) is 14.9. The van der Waals surface area contributed by atoms with Crippen LogP contribution in [0.5, 0.6) is 5.75 Å². The van der Waals surface area contributed by atoms with Crippen molar-refractivity contribution in [2.75, 3.05) is 7.11 Å². The van der Waals surface area contributed by atoms with E-state index in [4.69, 9.17) is 21.4 Å². The summed E-state index contributed by atoms with van der Waals surface area (Å²) in [6.07, 6.45) is 1.69. The topological polar surface area (TPSA) is 51.5 Å². The van der Waals surface area contributed by atoms with E-state index in [1.165, 1.54) is 11.8 Å². The van der Waals surface area contributed by atoms with Gasteiger partial charge in [-0.1, -0.05) is 24.0 Å². The van der Waals surface area contributed by atoms with Crippen LogP contribution in [0.4, 0.5) is 0 Å². The van der Waals surface area contributed by atoms with Gasteiger partial charge in [-0.3, -0.25) is 4.79 Å². The summed E-state index contributed by atoms with van der Waals surface area (Å²) >= 11 is 6.19. The number of amides is 1. The van der Waals surface area contributed by atoms with Crippen LogP contribution in [0.15, 0.2) is 39.7 Å². The van der Waals surface area contributed by atoms with Gasteiger partial charge in [-0.25, -0.2) is 0 Å². The van der Waals surface area contributed by atoms with Crippen LogP contribution in [-0.2, 0) is 4.79 Å². The second-order valence-corrected chi connectivity index (χ2v) is 6.46. The number of benzene rings is 1. The Bertz CT molecular complexity index is 792. The lowest BCUT2D eigenvalue weighted by molar-refractivity contribution is -0.115. The predicted molar refractivity (Wildman–Crippen MR) is 91.7 cm³/mol. The minimum absolute atomic E-state index is 0.187. The number of hydrogen-bond donors (Lipinski definition) is 1. The fraction of sp³-hybridized carbons (Fsp3) is 0.125. The summed E-state index contributed by atoms with van der Waals surface area (Å²) < 4.78 is 11.5. The second kappa shape index (κ2) is 5.98. The third-order valence-corrected chi connectivity index (χ3v) is 4.38. The molecule has 0 aliphatic carbocycles. The van der Waals surface area contributed by atoms with Gasteiger partial charge in [0, 0.05) is 11.6 Å². The van der Waals surface area contributed by atoms with E-state index in [0.717, 1.165) is 22.6 Å². The Morgan fingerprint density at radius 2 is 2.14 bits per heavy atom. The van der Waals surface area contributed by atoms with Crippen LogP contribution < -0.4 is 10.1 Å². The number of methoxy groups -OCH3 is 1. The number of ether oxygens (including phenoxy) is 1. The summed E-state index contributed by atoms with van der Waals surface area (Å²) in [6, 6.07) is 9.55. The summed E-state index contributed by atoms with van der Waals surface area (Å²) in [5, 5.41) is 2.58. The summed E-state index contributed by atoms with van der Waals surface area (Å²) in [5.41, 5.74) is 1.99. The molecule has 1 aliphatic heterocycles. The van der Waals surface area contributed by atoms with Gasteiger partial charge in [0.15, 0.2) is 0 Å². The average Bonchev–Trinajstić information content (AvgIpc) is 3.06. The van der Waals surface area contributed by atoms with E-state index in [2.05, 4.69) is 5.32 Å². The highest BCUT2D eigenvalue weighted by Crippen LogP contribution is 2.30. The van der Waals surface area contributed by atoms with Gasteiger partial charge in [0.2, 0.25) is 0 Å². The van der Waals surface area contributed by atoms with Crippen molar-refractivity contribution >= 4 is 40.3 Å². The molecule has 0 radical (unpaired) electrons. The zero-order valence-electron chi connectivity index (χ0n) is 12.0. The Morgan fingerprint density at radius 3 is 2.77 bits per heavy atom. The largest absolute Gasteiger partial charge is 0.496 e. The molecule has 1 amide bonds. The van der Waals surface area contributed by atoms with Crippen LogP contribution >= 0.6 is 24.0 Å². The van der Waals surface area contributed by atoms with Crippen LogP contribution in [0.25, 0.3) is 17.4 Å². The lowest BCUT2D eigenvalue weighted by atomic mass is 10.1. The molecule has 1 aromatic carbocycles. The number of nitrogens with one attached hydrogen (secondary N) is 1. The summed E-state index contributed by atoms with van der Waals surface area (Å²) in [6.45, 7) is 1.98. The quantitative estimate of drug-likeness (QED) is 0.686. The van der Waals surface area contributed by atoms with E-state index in [1.807, 2.05) is 37.3 Å². The first-order valence-electron chi connectivity index (χ1n) is 6.56. The van der Waals surface area contributed by atoms with Gasteiger partial charge < -0.3 is 14.5 Å². The Balaban J connectivity index is 1.88. The van der Waals surface area contributed by atoms with E-state index < -0.39 is 0 Å². The normalized spacial score (nSPS) is 16.2. The van der Waals surface area contributed by atoms with Crippen molar-refractivity contribution < 1.29 is 13.9 Å². The highest BCUT2D eigenvalue weighted by Gasteiger charge is 2.22. The molecule has 0 atom stereocenters. The number of furan rings is 1. The molecule has 2 aromatic rings. The highest BCUT2D eigenvalue weighted by molar-refractivity contribution is 8.26. The van der Waals surface area contributed by atoms with Crippen molar-refractivity contribution in [2.24, 2.45) is 0 Å². The molecule has 6 heteroatoms. The summed E-state index contributed by atoms with van der Waals surface area (Å²) in [5.74, 6) is 2.01. The third kappa shape index (κ3) is 2.93. The van der Waals surface area contributed by atoms with Crippen LogP contribution in [-0.4, -0.2) is 17.3 Å². The van der Waals surface area contributed by atoms with Crippen LogP contribution in [0.2, 0.25) is 0 Å². The Kier molecular flexibility index (Phi) is 4.04. The van der Waals surface area contributed by atoms with E-state index in [1.54, 1.807) is 13.2 Å². The van der Waals surface area contributed by atoms with Gasteiger partial charge >= 0.3 is 0 Å². The molecule has 2 heterocycles. The number of aryl methyl sites for hydroxylation is 1. The van der Waals surface area contributed by atoms with Crippen molar-refractivity contribution in [3.63, 3.8) is 0 Å². The van der Waals surface area contributed by atoms with Gasteiger partial charge in [0.05, 0.1) is 12.0 Å². The monoisotopic (exact) mass is 331 g/mol. The molecule has 4 nitrogen and oxygen atoms in total. The molecule has 0 saturated carbocycles. The maximum Gasteiger partial charge on any atom is 0.263 e. The number of thioether (sulfide) groups is 1. The van der Waals surface area contributed by atoms with Crippen LogP contribution in [0.3, 0.4) is 0 Å². The first-order chi connectivity index (χ1) is 10.6. The number of rotatable bonds is 3. The van der Waals surface area contributed by atoms with Crippen molar-refractivity contribution in [3.8, 4) is 17.1 Å². The first-order valence-corrected chi connectivity index (χ1v) is 7.79. The fourth-order valence-electron chi connectivity index (χ4n) is 2.17. The molecule has 1 N–H and O–H groups in total. The molecular weight excluding hydrogens is 318 g/mol. The smallest absolute Gasteiger partial charge is 0.263 e. The Labute approximate surface area is 137 Å². The summed E-state index contributed by atoms with van der Waals surface area (Å²) in [7, 11) is 1.65. The standard InChI is InChI=1S/C16H13NO3S2/c1-9-7-10(3-5-12(9)19-2)13-6-4-11(20-13)8-14-15(18)17-16(21)22-14/h3-8H,1-2H3,(H,17,18,21)/b14-8+. The molecule has 0 bridgehead atoms. The van der Waals surface area contributed by atoms with Crippen molar-refractivity contribution in [1.29, 1.82) is 0 Å². The van der Waals surface area contributed by atoms with Gasteiger partial charge in [-0.05, 0) is 42.8 Å². The number of thiocarbonyl (C=S) groups is 1. The van der Waals surface area contributed by atoms with Gasteiger partial charge in [-0.2, -0.15) is 0 Å². The van der Waals surface area contributed by atoms with E-state index in [0.29, 0.717) is 15.0 Å². The van der Waals surface area contributed by atoms with E-state index in [-0.39, 0.29) is 5.91 Å². The molecule has 0 spiro atoms. The Hall–Kier alpha value is -2.05. The number of carbonyl (C=O) groups excluding carboxylic acids is 1. The molecule has 3 rings (SSSR count). The average molecular weight is 331 g/mol. The van der Waals surface area contributed by atoms with Gasteiger partial charge in [-0.15, -0.1) is 0 Å². The van der Waals surface area contributed by atoms with E-state index in [9.17, 15) is 4.79 Å². The molecule has 1 aliphatic rings. The molecule has 22 heavy (non-hydrogen) atoms. The maximum atomic E-state index is 11.6. The predicted octanol–water partition coefficient (Wildman–Crippen LogP) is 3.75. The number of hydrogen-bond acceptors (Lipinski definition) is 5. The minimum Gasteiger partial charge on any atom is -0.496 e. The van der Waals surface area contributed by atoms with Gasteiger partial charge in [0.25, 0.3) is 5.91 Å². The van der Waals surface area contributed by atoms with Crippen LogP contribution in [0.1, 0.15) is 11.3 Å². The van der Waals surface area contributed by atoms with Gasteiger partial charge in [0.1, 0.15) is 21.6 Å². The van der Waals surface area contributed by atoms with Crippen molar-refractivity contribution in [1.82, 2.24) is 5.32 Å². The summed E-state index contributed by atoms with van der Waals surface area (Å²) in [4.78, 5) is 12.2. The van der Waals surface area contributed by atoms with Crippen molar-refractivity contribution in [2.45, 2.75) is 6.92 Å². The second-order valence-electron chi connectivity index (χ2n) is 4.74.